The largest absolute Gasteiger partial charge is 0.508 e. The topological polar surface area (TPSA) is 92.9 Å². The van der Waals surface area contributed by atoms with E-state index in [2.05, 4.69) is 20.8 Å². The Morgan fingerprint density at radius 2 is 1.81 bits per heavy atom. The fourth-order valence-corrected chi connectivity index (χ4v) is 3.83. The first-order valence-electron chi connectivity index (χ1n) is 7.55. The molecule has 0 spiro atoms. The highest BCUT2D eigenvalue weighted by Crippen LogP contribution is 2.34. The molecule has 0 aliphatic carbocycles. The molecule has 0 fully saturated rings. The van der Waals surface area contributed by atoms with E-state index in [4.69, 9.17) is 34.8 Å². The van der Waals surface area contributed by atoms with Gasteiger partial charge in [-0.25, -0.2) is 0 Å². The minimum Gasteiger partial charge on any atom is -0.508 e. The van der Waals surface area contributed by atoms with Crippen LogP contribution in [-0.4, -0.2) is 36.5 Å². The lowest BCUT2D eigenvalue weighted by Crippen LogP contribution is -2.23. The van der Waals surface area contributed by atoms with Gasteiger partial charge in [-0.15, -0.1) is 5.10 Å². The molecule has 0 saturated carbocycles. The Kier molecular flexibility index (Phi) is 6.11. The third kappa shape index (κ3) is 4.65. The summed E-state index contributed by atoms with van der Waals surface area (Å²) < 4.78 is 1.47. The van der Waals surface area contributed by atoms with Crippen molar-refractivity contribution < 1.29 is 9.90 Å². The van der Waals surface area contributed by atoms with E-state index in [9.17, 15) is 9.90 Å². The van der Waals surface area contributed by atoms with Crippen molar-refractivity contribution in [3.63, 3.8) is 0 Å². The van der Waals surface area contributed by atoms with Gasteiger partial charge < -0.3 is 10.4 Å². The average molecular weight is 445 g/mol. The van der Waals surface area contributed by atoms with Crippen LogP contribution >= 0.6 is 46.6 Å². The number of anilines is 1. The summed E-state index contributed by atoms with van der Waals surface area (Å²) in [5, 5.41) is 24.3. The summed E-state index contributed by atoms with van der Waals surface area (Å²) in [5.41, 5.74) is 0.940. The molecule has 7 nitrogen and oxygen atoms in total. The van der Waals surface area contributed by atoms with Gasteiger partial charge >= 0.3 is 0 Å². The van der Waals surface area contributed by atoms with Gasteiger partial charge in [0.25, 0.3) is 0 Å². The number of aromatic nitrogens is 4. The molecular formula is C16H12Cl3N5O2S. The number of thioether (sulfide) groups is 1. The Hall–Kier alpha value is -2.00. The Labute approximate surface area is 173 Å². The molecule has 140 valence electrons. The zero-order chi connectivity index (χ0) is 19.6. The maximum Gasteiger partial charge on any atom is 0.237 e. The van der Waals surface area contributed by atoms with E-state index in [1.807, 2.05) is 0 Å². The van der Waals surface area contributed by atoms with Crippen molar-refractivity contribution in [3.05, 3.63) is 51.5 Å². The number of rotatable bonds is 5. The van der Waals surface area contributed by atoms with Crippen molar-refractivity contribution in [1.82, 2.24) is 20.2 Å². The Morgan fingerprint density at radius 3 is 2.44 bits per heavy atom. The normalized spacial score (nSPS) is 12.0. The lowest BCUT2D eigenvalue weighted by molar-refractivity contribution is -0.115. The van der Waals surface area contributed by atoms with E-state index < -0.39 is 5.25 Å². The summed E-state index contributed by atoms with van der Waals surface area (Å²) in [7, 11) is 0. The number of nitrogens with zero attached hydrogens (tertiary/aromatic N) is 4. The Morgan fingerprint density at radius 1 is 1.19 bits per heavy atom. The molecule has 11 heteroatoms. The van der Waals surface area contributed by atoms with Crippen molar-refractivity contribution in [2.24, 2.45) is 0 Å². The van der Waals surface area contributed by atoms with Crippen LogP contribution in [0.15, 0.2) is 41.6 Å². The van der Waals surface area contributed by atoms with Crippen LogP contribution in [0.25, 0.3) is 5.69 Å². The second kappa shape index (κ2) is 8.35. The first-order valence-corrected chi connectivity index (χ1v) is 9.56. The van der Waals surface area contributed by atoms with Crippen molar-refractivity contribution in [1.29, 1.82) is 0 Å². The molecule has 1 amide bonds. The quantitative estimate of drug-likeness (QED) is 0.565. The number of carbonyl (C=O) groups excluding carboxylic acids is 1. The fraction of sp³-hybridized carbons (Fsp3) is 0.125. The van der Waals surface area contributed by atoms with Gasteiger partial charge in [-0.3, -0.25) is 4.79 Å². The van der Waals surface area contributed by atoms with Crippen LogP contribution in [0, 0.1) is 0 Å². The van der Waals surface area contributed by atoms with E-state index in [-0.39, 0.29) is 21.7 Å². The number of hydrogen-bond acceptors (Lipinski definition) is 6. The minimum absolute atomic E-state index is 0.130. The zero-order valence-corrected chi connectivity index (χ0v) is 16.8. The maximum absolute atomic E-state index is 12.5. The Bertz CT molecular complexity index is 957. The Balaban J connectivity index is 1.75. The van der Waals surface area contributed by atoms with Crippen LogP contribution in [0.4, 0.5) is 5.69 Å². The first kappa shape index (κ1) is 19.8. The van der Waals surface area contributed by atoms with Crippen molar-refractivity contribution in [3.8, 4) is 11.4 Å². The predicted octanol–water partition coefficient (Wildman–Crippen LogP) is 4.45. The number of hydrogen-bond donors (Lipinski definition) is 2. The molecule has 0 saturated heterocycles. The number of nitrogens with one attached hydrogen (secondary N) is 1. The molecule has 2 N–H and O–H groups in total. The molecule has 1 atom stereocenters. The van der Waals surface area contributed by atoms with Gasteiger partial charge in [-0.1, -0.05) is 46.6 Å². The van der Waals surface area contributed by atoms with Gasteiger partial charge in [0.1, 0.15) is 5.75 Å². The summed E-state index contributed by atoms with van der Waals surface area (Å²) in [6.45, 7) is 1.70. The molecule has 0 bridgehead atoms. The minimum atomic E-state index is -0.547. The molecule has 0 aliphatic heterocycles. The summed E-state index contributed by atoms with van der Waals surface area (Å²) in [4.78, 5) is 12.5. The van der Waals surface area contributed by atoms with E-state index in [1.54, 1.807) is 19.1 Å². The van der Waals surface area contributed by atoms with Crippen LogP contribution in [0.2, 0.25) is 15.1 Å². The van der Waals surface area contributed by atoms with Gasteiger partial charge in [-0.05, 0) is 53.7 Å². The van der Waals surface area contributed by atoms with Gasteiger partial charge in [-0.2, -0.15) is 4.68 Å². The third-order valence-electron chi connectivity index (χ3n) is 3.44. The fourth-order valence-electron chi connectivity index (χ4n) is 2.11. The molecular weight excluding hydrogens is 433 g/mol. The van der Waals surface area contributed by atoms with Gasteiger partial charge in [0.2, 0.25) is 11.1 Å². The van der Waals surface area contributed by atoms with Crippen molar-refractivity contribution >= 4 is 58.2 Å². The van der Waals surface area contributed by atoms with Crippen LogP contribution in [0.5, 0.6) is 5.75 Å². The lowest BCUT2D eigenvalue weighted by atomic mass is 10.3. The first-order chi connectivity index (χ1) is 12.8. The smallest absolute Gasteiger partial charge is 0.237 e. The summed E-state index contributed by atoms with van der Waals surface area (Å²) >= 11 is 19.2. The molecule has 0 radical (unpaired) electrons. The van der Waals surface area contributed by atoms with Gasteiger partial charge in [0, 0.05) is 5.02 Å². The van der Waals surface area contributed by atoms with Crippen LogP contribution in [0.1, 0.15) is 6.92 Å². The summed E-state index contributed by atoms with van der Waals surface area (Å²) in [5.74, 6) is -0.197. The highest BCUT2D eigenvalue weighted by molar-refractivity contribution is 8.00. The van der Waals surface area contributed by atoms with Gasteiger partial charge in [0.15, 0.2) is 0 Å². The predicted molar refractivity (Wildman–Crippen MR) is 106 cm³/mol. The second-order valence-corrected chi connectivity index (χ2v) is 7.94. The maximum atomic E-state index is 12.5. The van der Waals surface area contributed by atoms with Crippen LogP contribution in [0.3, 0.4) is 0 Å². The molecule has 27 heavy (non-hydrogen) atoms. The van der Waals surface area contributed by atoms with Gasteiger partial charge in [0.05, 0.1) is 26.7 Å². The molecule has 2 aromatic carbocycles. The molecule has 1 heterocycles. The molecule has 3 aromatic rings. The highest BCUT2D eigenvalue weighted by atomic mass is 35.5. The number of tetrazole rings is 1. The number of carbonyl (C=O) groups is 1. The zero-order valence-electron chi connectivity index (χ0n) is 13.7. The van der Waals surface area contributed by atoms with E-state index in [0.29, 0.717) is 21.6 Å². The molecule has 0 aliphatic rings. The van der Waals surface area contributed by atoms with E-state index >= 15 is 0 Å². The number of aromatic hydroxyl groups is 1. The summed E-state index contributed by atoms with van der Waals surface area (Å²) in [6, 6.07) is 9.35. The molecule has 1 aromatic heterocycles. The SMILES string of the molecule is CC(Sc1nnnn1-c1ccc(O)cc1)C(=O)Nc1c(Cl)cc(Cl)cc1Cl. The van der Waals surface area contributed by atoms with Crippen molar-refractivity contribution in [2.75, 3.05) is 5.32 Å². The highest BCUT2D eigenvalue weighted by Gasteiger charge is 2.21. The second-order valence-electron chi connectivity index (χ2n) is 5.38. The average Bonchev–Trinajstić information content (AvgIpc) is 3.06. The van der Waals surface area contributed by atoms with Crippen molar-refractivity contribution in [2.45, 2.75) is 17.3 Å². The molecule has 1 unspecified atom stereocenters. The number of phenols is 1. The number of phenolic OH excluding ortho intramolecular Hbond substituents is 1. The standard InChI is InChI=1S/C16H12Cl3N5O2S/c1-8(15(26)20-14-12(18)6-9(17)7-13(14)19)27-16-21-22-23-24(16)10-2-4-11(25)5-3-10/h2-8,25H,1H3,(H,20,26). The van der Waals surface area contributed by atoms with Crippen LogP contribution < -0.4 is 5.32 Å². The number of amides is 1. The van der Waals surface area contributed by atoms with E-state index in [1.165, 1.54) is 28.9 Å². The van der Waals surface area contributed by atoms with Crippen LogP contribution in [-0.2, 0) is 4.79 Å². The lowest BCUT2D eigenvalue weighted by Gasteiger charge is -2.14. The monoisotopic (exact) mass is 443 g/mol. The molecule has 3 rings (SSSR count). The summed E-state index contributed by atoms with van der Waals surface area (Å²) in [6.07, 6.45) is 0. The number of benzene rings is 2. The van der Waals surface area contributed by atoms with E-state index in [0.717, 1.165) is 11.8 Å². The number of halogens is 3. The third-order valence-corrected chi connectivity index (χ3v) is 5.29.